The van der Waals surface area contributed by atoms with E-state index in [1.165, 1.54) is 16.9 Å². The molecule has 0 fully saturated rings. The van der Waals surface area contributed by atoms with Crippen LogP contribution in [0.2, 0.25) is 0 Å². The number of hydrogen-bond donors (Lipinski definition) is 2. The summed E-state index contributed by atoms with van der Waals surface area (Å²) in [6.07, 6.45) is 1.22. The number of carbonyl (C=O) groups excluding carboxylic acids is 1. The molecular formula is C16H21N3OS. The van der Waals surface area contributed by atoms with Crippen molar-refractivity contribution in [3.8, 4) is 0 Å². The molecule has 0 aliphatic carbocycles. The number of carbonyl (C=O) groups is 1. The summed E-state index contributed by atoms with van der Waals surface area (Å²) in [5, 5.41) is 8.84. The number of hydrogen-bond acceptors (Lipinski definition) is 4. The van der Waals surface area contributed by atoms with Gasteiger partial charge < -0.3 is 10.6 Å². The standard InChI is InChI=1S/C16H21N3OS/c1-3-17-12(2)14-11-21-16(18-14)19-15(20)10-9-13-7-5-4-6-8-13/h4-8,11-12,17H,3,9-10H2,1-2H3,(H,18,19,20). The average Bonchev–Trinajstić information content (AvgIpc) is 2.95. The number of nitrogens with one attached hydrogen (secondary N) is 2. The second-order valence-electron chi connectivity index (χ2n) is 4.89. The molecule has 1 atom stereocenters. The molecule has 2 N–H and O–H groups in total. The number of nitrogens with zero attached hydrogens (tertiary/aromatic N) is 1. The minimum atomic E-state index is 0.0101. The number of anilines is 1. The van der Waals surface area contributed by atoms with E-state index in [-0.39, 0.29) is 11.9 Å². The van der Waals surface area contributed by atoms with Gasteiger partial charge in [0.2, 0.25) is 5.91 Å². The predicted octanol–water partition coefficient (Wildman–Crippen LogP) is 3.38. The van der Waals surface area contributed by atoms with Crippen LogP contribution < -0.4 is 10.6 Å². The quantitative estimate of drug-likeness (QED) is 0.824. The number of thiazole rings is 1. The van der Waals surface area contributed by atoms with E-state index in [1.807, 2.05) is 35.7 Å². The first-order valence-electron chi connectivity index (χ1n) is 7.21. The lowest BCUT2D eigenvalue weighted by molar-refractivity contribution is -0.116. The SMILES string of the molecule is CCNC(C)c1csc(NC(=O)CCc2ccccc2)n1. The van der Waals surface area contributed by atoms with Gasteiger partial charge in [-0.15, -0.1) is 11.3 Å². The van der Waals surface area contributed by atoms with E-state index in [4.69, 9.17) is 0 Å². The zero-order valence-corrected chi connectivity index (χ0v) is 13.2. The fourth-order valence-corrected chi connectivity index (χ4v) is 2.86. The highest BCUT2D eigenvalue weighted by molar-refractivity contribution is 7.13. The maximum absolute atomic E-state index is 11.9. The first-order valence-corrected chi connectivity index (χ1v) is 8.09. The van der Waals surface area contributed by atoms with Gasteiger partial charge in [-0.2, -0.15) is 0 Å². The molecule has 1 heterocycles. The van der Waals surface area contributed by atoms with Gasteiger partial charge in [0, 0.05) is 17.8 Å². The topological polar surface area (TPSA) is 54.0 Å². The van der Waals surface area contributed by atoms with E-state index in [0.717, 1.165) is 18.7 Å². The van der Waals surface area contributed by atoms with Crippen LogP contribution in [-0.2, 0) is 11.2 Å². The summed E-state index contributed by atoms with van der Waals surface area (Å²) >= 11 is 1.47. The first kappa shape index (κ1) is 15.7. The van der Waals surface area contributed by atoms with Crippen molar-refractivity contribution >= 4 is 22.4 Å². The van der Waals surface area contributed by atoms with E-state index >= 15 is 0 Å². The lowest BCUT2D eigenvalue weighted by Gasteiger charge is -2.08. The van der Waals surface area contributed by atoms with Crippen molar-refractivity contribution in [1.29, 1.82) is 0 Å². The van der Waals surface area contributed by atoms with Crippen LogP contribution >= 0.6 is 11.3 Å². The molecule has 1 amide bonds. The third-order valence-corrected chi connectivity index (χ3v) is 3.98. The molecule has 0 saturated carbocycles. The van der Waals surface area contributed by atoms with Crippen molar-refractivity contribution in [3.05, 3.63) is 47.0 Å². The Balaban J connectivity index is 1.83. The summed E-state index contributed by atoms with van der Waals surface area (Å²) < 4.78 is 0. The second kappa shape index (κ2) is 7.90. The monoisotopic (exact) mass is 303 g/mol. The number of rotatable bonds is 7. The Morgan fingerprint density at radius 3 is 2.81 bits per heavy atom. The molecule has 0 aliphatic rings. The predicted molar refractivity (Wildman–Crippen MR) is 87.6 cm³/mol. The van der Waals surface area contributed by atoms with Crippen LogP contribution in [0.1, 0.15) is 37.6 Å². The van der Waals surface area contributed by atoms with Crippen LogP contribution in [0.4, 0.5) is 5.13 Å². The summed E-state index contributed by atoms with van der Waals surface area (Å²) in [6.45, 7) is 5.03. The van der Waals surface area contributed by atoms with E-state index in [2.05, 4.69) is 29.5 Å². The van der Waals surface area contributed by atoms with Gasteiger partial charge in [-0.3, -0.25) is 4.79 Å². The molecule has 1 aromatic heterocycles. The summed E-state index contributed by atoms with van der Waals surface area (Å²) in [5.41, 5.74) is 2.15. The van der Waals surface area contributed by atoms with Crippen LogP contribution in [0.3, 0.4) is 0 Å². The lowest BCUT2D eigenvalue weighted by atomic mass is 10.1. The van der Waals surface area contributed by atoms with Gasteiger partial charge >= 0.3 is 0 Å². The maximum Gasteiger partial charge on any atom is 0.226 e. The number of aryl methyl sites for hydroxylation is 1. The van der Waals surface area contributed by atoms with E-state index < -0.39 is 0 Å². The Morgan fingerprint density at radius 2 is 2.10 bits per heavy atom. The molecule has 0 spiro atoms. The molecule has 21 heavy (non-hydrogen) atoms. The fraction of sp³-hybridized carbons (Fsp3) is 0.375. The second-order valence-corrected chi connectivity index (χ2v) is 5.75. The molecular weight excluding hydrogens is 282 g/mol. The Morgan fingerprint density at radius 1 is 1.33 bits per heavy atom. The van der Waals surface area contributed by atoms with Crippen molar-refractivity contribution in [2.75, 3.05) is 11.9 Å². The van der Waals surface area contributed by atoms with Gasteiger partial charge in [0.15, 0.2) is 5.13 Å². The summed E-state index contributed by atoms with van der Waals surface area (Å²) in [5.74, 6) is 0.0101. The molecule has 112 valence electrons. The van der Waals surface area contributed by atoms with Gasteiger partial charge in [-0.05, 0) is 25.5 Å². The number of amides is 1. The van der Waals surface area contributed by atoms with Gasteiger partial charge in [0.25, 0.3) is 0 Å². The van der Waals surface area contributed by atoms with Crippen molar-refractivity contribution in [2.24, 2.45) is 0 Å². The van der Waals surface area contributed by atoms with Gasteiger partial charge in [0.05, 0.1) is 5.69 Å². The minimum Gasteiger partial charge on any atom is -0.309 e. The van der Waals surface area contributed by atoms with Crippen molar-refractivity contribution in [2.45, 2.75) is 32.7 Å². The molecule has 0 aliphatic heterocycles. The first-order chi connectivity index (χ1) is 10.2. The van der Waals surface area contributed by atoms with Crippen LogP contribution in [0, 0.1) is 0 Å². The van der Waals surface area contributed by atoms with E-state index in [9.17, 15) is 4.79 Å². The third kappa shape index (κ3) is 4.95. The summed E-state index contributed by atoms with van der Waals surface area (Å²) in [6, 6.07) is 10.2. The average molecular weight is 303 g/mol. The normalized spacial score (nSPS) is 12.1. The van der Waals surface area contributed by atoms with Gasteiger partial charge in [0.1, 0.15) is 0 Å². The molecule has 0 bridgehead atoms. The Hall–Kier alpha value is -1.72. The van der Waals surface area contributed by atoms with E-state index in [0.29, 0.717) is 11.6 Å². The molecule has 2 rings (SSSR count). The molecule has 1 unspecified atom stereocenters. The largest absolute Gasteiger partial charge is 0.309 e. The molecule has 0 saturated heterocycles. The number of benzene rings is 1. The highest BCUT2D eigenvalue weighted by Gasteiger charge is 2.10. The smallest absolute Gasteiger partial charge is 0.226 e. The van der Waals surface area contributed by atoms with Crippen LogP contribution in [0.5, 0.6) is 0 Å². The summed E-state index contributed by atoms with van der Waals surface area (Å²) in [7, 11) is 0. The highest BCUT2D eigenvalue weighted by atomic mass is 32.1. The molecule has 1 aromatic carbocycles. The lowest BCUT2D eigenvalue weighted by Crippen LogP contribution is -2.18. The van der Waals surface area contributed by atoms with Crippen molar-refractivity contribution in [1.82, 2.24) is 10.3 Å². The van der Waals surface area contributed by atoms with Crippen LogP contribution in [0.15, 0.2) is 35.7 Å². The van der Waals surface area contributed by atoms with Gasteiger partial charge in [-0.1, -0.05) is 37.3 Å². The summed E-state index contributed by atoms with van der Waals surface area (Å²) in [4.78, 5) is 16.4. The molecule has 2 aromatic rings. The fourth-order valence-electron chi connectivity index (χ4n) is 2.04. The molecule has 5 heteroatoms. The zero-order valence-electron chi connectivity index (χ0n) is 12.4. The minimum absolute atomic E-state index is 0.0101. The number of aromatic nitrogens is 1. The Labute approximate surface area is 129 Å². The Kier molecular flexibility index (Phi) is 5.90. The van der Waals surface area contributed by atoms with Crippen molar-refractivity contribution < 1.29 is 4.79 Å². The zero-order chi connectivity index (χ0) is 15.1. The van der Waals surface area contributed by atoms with Crippen LogP contribution in [0.25, 0.3) is 0 Å². The maximum atomic E-state index is 11.9. The van der Waals surface area contributed by atoms with Gasteiger partial charge in [-0.25, -0.2) is 4.98 Å². The van der Waals surface area contributed by atoms with Crippen molar-refractivity contribution in [3.63, 3.8) is 0 Å². The molecule has 4 nitrogen and oxygen atoms in total. The Bertz CT molecular complexity index is 568. The van der Waals surface area contributed by atoms with Crippen LogP contribution in [-0.4, -0.2) is 17.4 Å². The molecule has 0 radical (unpaired) electrons. The van der Waals surface area contributed by atoms with E-state index in [1.54, 1.807) is 0 Å². The third-order valence-electron chi connectivity index (χ3n) is 3.21. The highest BCUT2D eigenvalue weighted by Crippen LogP contribution is 2.20.